The summed E-state index contributed by atoms with van der Waals surface area (Å²) in [6, 6.07) is 2.80. The van der Waals surface area contributed by atoms with Crippen LogP contribution in [-0.2, 0) is 20.6 Å². The van der Waals surface area contributed by atoms with E-state index in [0.717, 1.165) is 23.9 Å². The van der Waals surface area contributed by atoms with Crippen LogP contribution in [0, 0.1) is 17.7 Å². The molecule has 0 atom stereocenters. The molecule has 1 aliphatic rings. The topological polar surface area (TPSA) is 51.2 Å². The minimum absolute atomic E-state index is 0.125. The molecule has 0 unspecified atom stereocenters. The molecule has 1 saturated carbocycles. The number of hydrogen-bond acceptors (Lipinski definition) is 4. The Bertz CT molecular complexity index is 697. The van der Waals surface area contributed by atoms with Gasteiger partial charge in [-0.05, 0) is 36.3 Å². The molecule has 0 radical (unpaired) electrons. The number of carbonyl (C=O) groups excluding carboxylic acids is 3. The van der Waals surface area contributed by atoms with Gasteiger partial charge in [-0.15, -0.1) is 11.8 Å². The van der Waals surface area contributed by atoms with Crippen molar-refractivity contribution in [2.45, 2.75) is 43.7 Å². The molecule has 1 aliphatic carbocycles. The van der Waals surface area contributed by atoms with E-state index in [1.807, 2.05) is 0 Å². The van der Waals surface area contributed by atoms with Crippen LogP contribution in [0.3, 0.4) is 0 Å². The molecular formula is C18H18F4O3S. The van der Waals surface area contributed by atoms with Crippen molar-refractivity contribution in [2.24, 2.45) is 11.8 Å². The largest absolute Gasteiger partial charge is 0.419 e. The first-order valence-corrected chi connectivity index (χ1v) is 9.19. The van der Waals surface area contributed by atoms with Gasteiger partial charge in [-0.3, -0.25) is 14.4 Å². The summed E-state index contributed by atoms with van der Waals surface area (Å²) in [6.45, 7) is 1.60. The van der Waals surface area contributed by atoms with Crippen LogP contribution in [0.2, 0.25) is 0 Å². The molecule has 0 heterocycles. The number of benzene rings is 1. The van der Waals surface area contributed by atoms with Gasteiger partial charge >= 0.3 is 6.18 Å². The van der Waals surface area contributed by atoms with Gasteiger partial charge in [-0.1, -0.05) is 6.92 Å². The Morgan fingerprint density at radius 2 is 1.81 bits per heavy atom. The molecular weight excluding hydrogens is 372 g/mol. The highest BCUT2D eigenvalue weighted by molar-refractivity contribution is 7.99. The fraction of sp³-hybridized carbons (Fsp3) is 0.500. The first-order valence-electron chi connectivity index (χ1n) is 8.21. The maximum atomic E-state index is 13.3. The quantitative estimate of drug-likeness (QED) is 0.409. The summed E-state index contributed by atoms with van der Waals surface area (Å²) in [4.78, 5) is 36.0. The van der Waals surface area contributed by atoms with Gasteiger partial charge < -0.3 is 0 Å². The number of ketones is 3. The van der Waals surface area contributed by atoms with Crippen LogP contribution in [0.15, 0.2) is 23.1 Å². The number of alkyl halides is 3. The Labute approximate surface area is 152 Å². The second-order valence-electron chi connectivity index (χ2n) is 6.24. The Hall–Kier alpha value is -1.70. The number of thioether (sulfide) groups is 1. The van der Waals surface area contributed by atoms with Crippen molar-refractivity contribution in [1.82, 2.24) is 0 Å². The van der Waals surface area contributed by atoms with Gasteiger partial charge in [-0.2, -0.15) is 13.2 Å². The number of halogens is 4. The van der Waals surface area contributed by atoms with Crippen molar-refractivity contribution in [3.63, 3.8) is 0 Å². The number of hydrogen-bond donors (Lipinski definition) is 0. The first kappa shape index (κ1) is 20.6. The van der Waals surface area contributed by atoms with Gasteiger partial charge in [0.25, 0.3) is 0 Å². The maximum Gasteiger partial charge on any atom is 0.419 e. The van der Waals surface area contributed by atoms with Crippen molar-refractivity contribution in [2.75, 3.05) is 5.75 Å². The summed E-state index contributed by atoms with van der Waals surface area (Å²) in [5, 5.41) is 0. The average molecular weight is 390 g/mol. The average Bonchev–Trinajstić information content (AvgIpc) is 2.54. The van der Waals surface area contributed by atoms with E-state index in [-0.39, 0.29) is 47.4 Å². The van der Waals surface area contributed by atoms with Crippen LogP contribution in [0.25, 0.3) is 0 Å². The van der Waals surface area contributed by atoms with Crippen LogP contribution in [-0.4, -0.2) is 23.1 Å². The van der Waals surface area contributed by atoms with Crippen molar-refractivity contribution in [1.29, 1.82) is 0 Å². The predicted octanol–water partition coefficient (Wildman–Crippen LogP) is 4.47. The smallest absolute Gasteiger partial charge is 0.298 e. The summed E-state index contributed by atoms with van der Waals surface area (Å²) in [5.41, 5.74) is -1.31. The highest BCUT2D eigenvalue weighted by atomic mass is 32.2. The minimum Gasteiger partial charge on any atom is -0.298 e. The molecule has 2 rings (SSSR count). The molecule has 0 amide bonds. The van der Waals surface area contributed by atoms with Crippen LogP contribution < -0.4 is 0 Å². The normalized spacial score (nSPS) is 21.1. The van der Waals surface area contributed by atoms with Gasteiger partial charge in [0.1, 0.15) is 11.7 Å². The summed E-state index contributed by atoms with van der Waals surface area (Å²) in [6.07, 6.45) is -3.92. The van der Waals surface area contributed by atoms with E-state index in [1.54, 1.807) is 6.92 Å². The molecule has 0 N–H and O–H groups in total. The molecule has 0 aromatic heterocycles. The lowest BCUT2D eigenvalue weighted by atomic mass is 9.76. The number of Topliss-reactive ketones (excluding diaryl/α,β-unsaturated/α-hetero) is 3. The molecule has 8 heteroatoms. The van der Waals surface area contributed by atoms with Crippen molar-refractivity contribution < 1.29 is 31.9 Å². The van der Waals surface area contributed by atoms with Crippen molar-refractivity contribution >= 4 is 29.1 Å². The fourth-order valence-corrected chi connectivity index (χ4v) is 4.03. The third kappa shape index (κ3) is 4.93. The number of rotatable bonds is 6. The molecule has 0 aliphatic heterocycles. The summed E-state index contributed by atoms with van der Waals surface area (Å²) in [5.74, 6) is -3.40. The van der Waals surface area contributed by atoms with E-state index >= 15 is 0 Å². The van der Waals surface area contributed by atoms with E-state index < -0.39 is 23.5 Å². The van der Waals surface area contributed by atoms with Crippen LogP contribution >= 0.6 is 11.8 Å². The van der Waals surface area contributed by atoms with Crippen LogP contribution in [0.4, 0.5) is 17.6 Å². The Kier molecular flexibility index (Phi) is 6.60. The van der Waals surface area contributed by atoms with E-state index in [0.29, 0.717) is 12.2 Å². The van der Waals surface area contributed by atoms with Gasteiger partial charge in [0.2, 0.25) is 0 Å². The molecule has 26 heavy (non-hydrogen) atoms. The van der Waals surface area contributed by atoms with E-state index in [4.69, 9.17) is 0 Å². The Morgan fingerprint density at radius 1 is 1.19 bits per heavy atom. The van der Waals surface area contributed by atoms with Crippen molar-refractivity contribution in [3.8, 4) is 0 Å². The SMILES string of the molecule is CCC(=O)C1C(=O)CC(CCSc2ccc(F)c(C(F)(F)F)c2)CC1=O. The zero-order valence-electron chi connectivity index (χ0n) is 14.1. The van der Waals surface area contributed by atoms with Crippen LogP contribution in [0.1, 0.15) is 38.2 Å². The molecule has 1 aromatic rings. The van der Waals surface area contributed by atoms with Gasteiger partial charge in [0.05, 0.1) is 5.56 Å². The van der Waals surface area contributed by atoms with Crippen molar-refractivity contribution in [3.05, 3.63) is 29.6 Å². The standard InChI is InChI=1S/C18H18F4O3S/c1-2-14(23)17-15(24)7-10(8-16(17)25)5-6-26-11-3-4-13(19)12(9-11)18(20,21)22/h3-4,9-10,17H,2,5-8H2,1H3. The summed E-state index contributed by atoms with van der Waals surface area (Å²) < 4.78 is 51.4. The Morgan fingerprint density at radius 3 is 2.35 bits per heavy atom. The minimum atomic E-state index is -4.76. The monoisotopic (exact) mass is 390 g/mol. The van der Waals surface area contributed by atoms with E-state index in [1.165, 1.54) is 6.07 Å². The zero-order chi connectivity index (χ0) is 19.5. The zero-order valence-corrected chi connectivity index (χ0v) is 14.9. The second-order valence-corrected chi connectivity index (χ2v) is 7.40. The van der Waals surface area contributed by atoms with Gasteiger partial charge in [-0.25, -0.2) is 4.39 Å². The molecule has 3 nitrogen and oxygen atoms in total. The first-order chi connectivity index (χ1) is 12.1. The molecule has 1 fully saturated rings. The van der Waals surface area contributed by atoms with Gasteiger partial charge in [0.15, 0.2) is 17.3 Å². The lowest BCUT2D eigenvalue weighted by Crippen LogP contribution is -2.38. The Balaban J connectivity index is 1.92. The van der Waals surface area contributed by atoms with Gasteiger partial charge in [0, 0.05) is 24.2 Å². The molecule has 0 spiro atoms. The summed E-state index contributed by atoms with van der Waals surface area (Å²) >= 11 is 1.11. The molecule has 1 aromatic carbocycles. The molecule has 0 saturated heterocycles. The lowest BCUT2D eigenvalue weighted by molar-refractivity contribution is -0.144. The fourth-order valence-electron chi connectivity index (χ4n) is 2.98. The second kappa shape index (κ2) is 8.33. The van der Waals surface area contributed by atoms with Crippen LogP contribution in [0.5, 0.6) is 0 Å². The third-order valence-corrected chi connectivity index (χ3v) is 5.36. The van der Waals surface area contributed by atoms with E-state index in [2.05, 4.69) is 0 Å². The van der Waals surface area contributed by atoms with E-state index in [9.17, 15) is 31.9 Å². The molecule has 142 valence electrons. The highest BCUT2D eigenvalue weighted by Gasteiger charge is 2.39. The molecule has 0 bridgehead atoms. The highest BCUT2D eigenvalue weighted by Crippen LogP contribution is 2.35. The maximum absolute atomic E-state index is 13.3. The lowest BCUT2D eigenvalue weighted by Gasteiger charge is -2.25. The summed E-state index contributed by atoms with van der Waals surface area (Å²) in [7, 11) is 0. The predicted molar refractivity (Wildman–Crippen MR) is 88.3 cm³/mol. The third-order valence-electron chi connectivity index (χ3n) is 4.33. The number of carbonyl (C=O) groups is 3.